The minimum Gasteiger partial charge on any atom is -0.347 e. The molecule has 0 aliphatic heterocycles. The Morgan fingerprint density at radius 3 is 2.20 bits per heavy atom. The number of benzene rings is 2. The number of thiophene rings is 1. The van der Waals surface area contributed by atoms with Crippen molar-refractivity contribution in [1.82, 2.24) is 5.32 Å². The van der Waals surface area contributed by atoms with E-state index in [1.165, 1.54) is 0 Å². The summed E-state index contributed by atoms with van der Waals surface area (Å²) in [7, 11) is -3.63. The van der Waals surface area contributed by atoms with Crippen LogP contribution in [0, 0.1) is 0 Å². The van der Waals surface area contributed by atoms with Gasteiger partial charge in [0.2, 0.25) is 0 Å². The van der Waals surface area contributed by atoms with E-state index in [1.807, 2.05) is 12.1 Å². The van der Waals surface area contributed by atoms with Gasteiger partial charge in [-0.05, 0) is 36.4 Å². The van der Waals surface area contributed by atoms with E-state index in [0.29, 0.717) is 11.3 Å². The maximum atomic E-state index is 12.4. The summed E-state index contributed by atoms with van der Waals surface area (Å²) in [6.45, 7) is 0.277. The monoisotopic (exact) mass is 372 g/mol. The molecule has 0 aliphatic carbocycles. The highest BCUT2D eigenvalue weighted by molar-refractivity contribution is 7.94. The molecule has 3 aromatic rings. The van der Waals surface area contributed by atoms with Crippen LogP contribution in [0.5, 0.6) is 0 Å². The normalized spacial score (nSPS) is 11.0. The number of sulfonamides is 1. The lowest BCUT2D eigenvalue weighted by molar-refractivity contribution is 0.0951. The Bertz CT molecular complexity index is 952. The van der Waals surface area contributed by atoms with Gasteiger partial charge in [-0.25, -0.2) is 8.42 Å². The van der Waals surface area contributed by atoms with Gasteiger partial charge >= 0.3 is 0 Å². The van der Waals surface area contributed by atoms with Gasteiger partial charge < -0.3 is 5.32 Å². The van der Waals surface area contributed by atoms with Gasteiger partial charge in [-0.15, -0.1) is 11.3 Å². The summed E-state index contributed by atoms with van der Waals surface area (Å²) in [4.78, 5) is 12.8. The standard InChI is InChI=1S/C18H16N2O3S2/c21-18(14-7-3-1-4-8-14)19-13-16-11-12-17(24-16)25(22,23)20-15-9-5-2-6-10-15/h1-12,20H,13H2,(H,19,21). The Morgan fingerprint density at radius 2 is 1.52 bits per heavy atom. The third kappa shape index (κ3) is 4.46. The van der Waals surface area contributed by atoms with Crippen LogP contribution in [0.1, 0.15) is 15.2 Å². The number of carbonyl (C=O) groups excluding carboxylic acids is 1. The molecule has 0 saturated heterocycles. The smallest absolute Gasteiger partial charge is 0.271 e. The van der Waals surface area contributed by atoms with Crippen molar-refractivity contribution < 1.29 is 13.2 Å². The fraction of sp³-hybridized carbons (Fsp3) is 0.0556. The van der Waals surface area contributed by atoms with Gasteiger partial charge in [-0.3, -0.25) is 9.52 Å². The topological polar surface area (TPSA) is 75.3 Å². The van der Waals surface area contributed by atoms with Crippen molar-refractivity contribution in [2.45, 2.75) is 10.8 Å². The zero-order valence-electron chi connectivity index (χ0n) is 13.2. The zero-order valence-corrected chi connectivity index (χ0v) is 14.8. The molecule has 7 heteroatoms. The SMILES string of the molecule is O=C(NCc1ccc(S(=O)(=O)Nc2ccccc2)s1)c1ccccc1. The van der Waals surface area contributed by atoms with Gasteiger partial charge in [0, 0.05) is 16.1 Å². The van der Waals surface area contributed by atoms with E-state index in [-0.39, 0.29) is 16.7 Å². The number of hydrogen-bond donors (Lipinski definition) is 2. The number of anilines is 1. The second-order valence-electron chi connectivity index (χ2n) is 5.24. The molecule has 5 nitrogen and oxygen atoms in total. The van der Waals surface area contributed by atoms with Gasteiger partial charge in [0.25, 0.3) is 15.9 Å². The highest BCUT2D eigenvalue weighted by Crippen LogP contribution is 2.24. The molecule has 3 rings (SSSR count). The van der Waals surface area contributed by atoms with Gasteiger partial charge in [0.15, 0.2) is 0 Å². The number of carbonyl (C=O) groups is 1. The summed E-state index contributed by atoms with van der Waals surface area (Å²) in [6.07, 6.45) is 0. The molecule has 0 saturated carbocycles. The third-order valence-corrected chi connectivity index (χ3v) is 6.35. The summed E-state index contributed by atoms with van der Waals surface area (Å²) in [5.41, 5.74) is 1.08. The summed E-state index contributed by atoms with van der Waals surface area (Å²) in [6, 6.07) is 20.8. The molecule has 128 valence electrons. The molecule has 0 atom stereocenters. The molecule has 1 aromatic heterocycles. The van der Waals surface area contributed by atoms with Crippen LogP contribution >= 0.6 is 11.3 Å². The van der Waals surface area contributed by atoms with E-state index < -0.39 is 10.0 Å². The second-order valence-corrected chi connectivity index (χ2v) is 8.32. The number of rotatable bonds is 6. The van der Waals surface area contributed by atoms with Crippen LogP contribution in [0.4, 0.5) is 5.69 Å². The van der Waals surface area contributed by atoms with Crippen LogP contribution in [0.2, 0.25) is 0 Å². The van der Waals surface area contributed by atoms with Crippen LogP contribution in [-0.2, 0) is 16.6 Å². The highest BCUT2D eigenvalue weighted by Gasteiger charge is 2.17. The molecular weight excluding hydrogens is 356 g/mol. The fourth-order valence-electron chi connectivity index (χ4n) is 2.17. The minimum atomic E-state index is -3.63. The predicted molar refractivity (Wildman–Crippen MR) is 99.2 cm³/mol. The molecule has 0 aliphatic rings. The number of amides is 1. The van der Waals surface area contributed by atoms with Crippen molar-refractivity contribution in [2.24, 2.45) is 0 Å². The number of nitrogens with one attached hydrogen (secondary N) is 2. The van der Waals surface area contributed by atoms with E-state index >= 15 is 0 Å². The van der Waals surface area contributed by atoms with Gasteiger partial charge in [0.1, 0.15) is 4.21 Å². The van der Waals surface area contributed by atoms with E-state index in [2.05, 4.69) is 10.0 Å². The van der Waals surface area contributed by atoms with Crippen molar-refractivity contribution in [3.8, 4) is 0 Å². The lowest BCUT2D eigenvalue weighted by atomic mass is 10.2. The first-order chi connectivity index (χ1) is 12.0. The molecule has 0 unspecified atom stereocenters. The lowest BCUT2D eigenvalue weighted by Gasteiger charge is -2.05. The molecule has 1 amide bonds. The first-order valence-electron chi connectivity index (χ1n) is 7.54. The predicted octanol–water partition coefficient (Wildman–Crippen LogP) is 3.48. The molecule has 2 aromatic carbocycles. The van der Waals surface area contributed by atoms with Gasteiger partial charge in [-0.2, -0.15) is 0 Å². The maximum Gasteiger partial charge on any atom is 0.271 e. The Balaban J connectivity index is 1.65. The quantitative estimate of drug-likeness (QED) is 0.696. The summed E-state index contributed by atoms with van der Waals surface area (Å²) < 4.78 is 27.5. The Labute approximate surface area is 150 Å². The molecular formula is C18H16N2O3S2. The highest BCUT2D eigenvalue weighted by atomic mass is 32.2. The third-order valence-electron chi connectivity index (χ3n) is 3.39. The maximum absolute atomic E-state index is 12.4. The van der Waals surface area contributed by atoms with E-state index in [4.69, 9.17) is 0 Å². The fourth-order valence-corrected chi connectivity index (χ4v) is 4.52. The first kappa shape index (κ1) is 17.2. The van der Waals surface area contributed by atoms with Crippen LogP contribution < -0.4 is 10.0 Å². The minimum absolute atomic E-state index is 0.194. The van der Waals surface area contributed by atoms with E-state index in [0.717, 1.165) is 16.2 Å². The molecule has 0 spiro atoms. The lowest BCUT2D eigenvalue weighted by Crippen LogP contribution is -2.22. The van der Waals surface area contributed by atoms with Crippen LogP contribution in [0.15, 0.2) is 77.0 Å². The van der Waals surface area contributed by atoms with Crippen LogP contribution in [0.3, 0.4) is 0 Å². The van der Waals surface area contributed by atoms with Crippen molar-refractivity contribution in [3.63, 3.8) is 0 Å². The Kier molecular flexibility index (Phi) is 5.16. The van der Waals surface area contributed by atoms with Crippen molar-refractivity contribution in [3.05, 3.63) is 83.2 Å². The molecule has 0 fully saturated rings. The average Bonchev–Trinajstić information content (AvgIpc) is 3.11. The summed E-state index contributed by atoms with van der Waals surface area (Å²) in [5, 5.41) is 2.79. The molecule has 1 heterocycles. The molecule has 2 N–H and O–H groups in total. The molecule has 25 heavy (non-hydrogen) atoms. The van der Waals surface area contributed by atoms with Gasteiger partial charge in [-0.1, -0.05) is 36.4 Å². The molecule has 0 bridgehead atoms. The van der Waals surface area contributed by atoms with Crippen LogP contribution in [-0.4, -0.2) is 14.3 Å². The van der Waals surface area contributed by atoms with E-state index in [1.54, 1.807) is 60.7 Å². The number of para-hydroxylation sites is 1. The van der Waals surface area contributed by atoms with Crippen molar-refractivity contribution >= 4 is 33.0 Å². The number of hydrogen-bond acceptors (Lipinski definition) is 4. The zero-order chi connectivity index (χ0) is 17.7. The van der Waals surface area contributed by atoms with Crippen molar-refractivity contribution in [2.75, 3.05) is 4.72 Å². The Morgan fingerprint density at radius 1 is 0.880 bits per heavy atom. The van der Waals surface area contributed by atoms with Crippen LogP contribution in [0.25, 0.3) is 0 Å². The summed E-state index contributed by atoms with van der Waals surface area (Å²) >= 11 is 1.13. The van der Waals surface area contributed by atoms with Crippen molar-refractivity contribution in [1.29, 1.82) is 0 Å². The Hall–Kier alpha value is -2.64. The largest absolute Gasteiger partial charge is 0.347 e. The second kappa shape index (κ2) is 7.50. The first-order valence-corrected chi connectivity index (χ1v) is 9.84. The van der Waals surface area contributed by atoms with E-state index in [9.17, 15) is 13.2 Å². The molecule has 0 radical (unpaired) electrons. The summed E-state index contributed by atoms with van der Waals surface area (Å²) in [5.74, 6) is -0.194. The average molecular weight is 372 g/mol. The van der Waals surface area contributed by atoms with Gasteiger partial charge in [0.05, 0.1) is 6.54 Å².